The molecular weight excluding hydrogens is 314 g/mol. The first-order valence-electron chi connectivity index (χ1n) is 8.69. The molecular formula is C20H25N3O2. The zero-order valence-corrected chi connectivity index (χ0v) is 14.6. The minimum Gasteiger partial charge on any atom is -0.392 e. The number of hydrogen-bond acceptors (Lipinski definition) is 3. The maximum Gasteiger partial charge on any atom is 0.315 e. The molecule has 3 N–H and O–H groups in total. The van der Waals surface area contributed by atoms with E-state index in [-0.39, 0.29) is 12.6 Å². The minimum atomic E-state index is -0.206. The Labute approximate surface area is 148 Å². The smallest absolute Gasteiger partial charge is 0.315 e. The van der Waals surface area contributed by atoms with Crippen molar-refractivity contribution in [1.29, 1.82) is 0 Å². The molecule has 0 spiro atoms. The van der Waals surface area contributed by atoms with Crippen LogP contribution in [-0.2, 0) is 26.1 Å². The van der Waals surface area contributed by atoms with Crippen LogP contribution in [0.25, 0.3) is 0 Å². The first-order chi connectivity index (χ1) is 12.2. The predicted octanol–water partition coefficient (Wildman–Crippen LogP) is 2.56. The van der Waals surface area contributed by atoms with Gasteiger partial charge < -0.3 is 20.6 Å². The molecule has 5 nitrogen and oxygen atoms in total. The monoisotopic (exact) mass is 339 g/mol. The first kappa shape index (κ1) is 17.3. The van der Waals surface area contributed by atoms with E-state index in [1.807, 2.05) is 24.3 Å². The molecule has 0 fully saturated rings. The third-order valence-electron chi connectivity index (χ3n) is 4.68. The molecule has 0 aliphatic carbocycles. The van der Waals surface area contributed by atoms with Crippen molar-refractivity contribution in [2.24, 2.45) is 0 Å². The van der Waals surface area contributed by atoms with Crippen molar-refractivity contribution in [2.75, 3.05) is 18.5 Å². The number of nitrogens with zero attached hydrogens (tertiary/aromatic N) is 1. The van der Waals surface area contributed by atoms with Gasteiger partial charge in [0.25, 0.3) is 0 Å². The summed E-state index contributed by atoms with van der Waals surface area (Å²) in [5.74, 6) is 0. The van der Waals surface area contributed by atoms with Gasteiger partial charge in [-0.3, -0.25) is 0 Å². The van der Waals surface area contributed by atoms with Gasteiger partial charge in [0.15, 0.2) is 0 Å². The molecule has 2 aromatic carbocycles. The fourth-order valence-electron chi connectivity index (χ4n) is 3.25. The van der Waals surface area contributed by atoms with Crippen molar-refractivity contribution in [1.82, 2.24) is 10.6 Å². The third kappa shape index (κ3) is 4.31. The Hall–Kier alpha value is -2.53. The van der Waals surface area contributed by atoms with Gasteiger partial charge in [-0.1, -0.05) is 36.4 Å². The largest absolute Gasteiger partial charge is 0.392 e. The van der Waals surface area contributed by atoms with E-state index >= 15 is 0 Å². The number of carbonyl (C=O) groups excluding carboxylic acids is 1. The van der Waals surface area contributed by atoms with Crippen LogP contribution < -0.4 is 15.5 Å². The number of nitrogens with one attached hydrogen (secondary N) is 2. The molecule has 0 saturated heterocycles. The fraction of sp³-hybridized carbons (Fsp3) is 0.350. The van der Waals surface area contributed by atoms with Crippen LogP contribution >= 0.6 is 0 Å². The maximum atomic E-state index is 12.0. The van der Waals surface area contributed by atoms with Crippen LogP contribution in [0, 0.1) is 0 Å². The fourth-order valence-corrected chi connectivity index (χ4v) is 3.25. The van der Waals surface area contributed by atoms with Crippen molar-refractivity contribution in [2.45, 2.75) is 32.5 Å². The van der Waals surface area contributed by atoms with Crippen molar-refractivity contribution >= 4 is 11.7 Å². The number of aryl methyl sites for hydroxylation is 1. The Morgan fingerprint density at radius 2 is 1.88 bits per heavy atom. The highest BCUT2D eigenvalue weighted by Gasteiger charge is 2.13. The van der Waals surface area contributed by atoms with Gasteiger partial charge in [-0.2, -0.15) is 0 Å². The SMILES string of the molecule is CN1CCCc2cc(CNC(=O)NCc3ccccc3CO)ccc21. The zero-order valence-electron chi connectivity index (χ0n) is 14.6. The lowest BCUT2D eigenvalue weighted by atomic mass is 9.99. The quantitative estimate of drug-likeness (QED) is 0.784. The molecule has 0 unspecified atom stereocenters. The lowest BCUT2D eigenvalue weighted by molar-refractivity contribution is 0.239. The second-order valence-electron chi connectivity index (χ2n) is 6.45. The normalized spacial score (nSPS) is 13.3. The molecule has 0 aromatic heterocycles. The number of aliphatic hydroxyl groups is 1. The Balaban J connectivity index is 1.52. The minimum absolute atomic E-state index is 0.0248. The number of fused-ring (bicyclic) bond motifs is 1. The summed E-state index contributed by atoms with van der Waals surface area (Å²) in [5, 5.41) is 15.1. The van der Waals surface area contributed by atoms with Gasteiger partial charge in [0, 0.05) is 32.4 Å². The summed E-state index contributed by atoms with van der Waals surface area (Å²) in [6.45, 7) is 1.98. The number of amides is 2. The molecule has 5 heteroatoms. The van der Waals surface area contributed by atoms with Crippen molar-refractivity contribution in [3.63, 3.8) is 0 Å². The molecule has 2 amide bonds. The Morgan fingerprint density at radius 1 is 1.12 bits per heavy atom. The summed E-state index contributed by atoms with van der Waals surface area (Å²) in [7, 11) is 2.12. The predicted molar refractivity (Wildman–Crippen MR) is 99.5 cm³/mol. The van der Waals surface area contributed by atoms with Crippen LogP contribution in [-0.4, -0.2) is 24.7 Å². The molecule has 0 saturated carbocycles. The lowest BCUT2D eigenvalue weighted by Gasteiger charge is -2.27. The van der Waals surface area contributed by atoms with Crippen molar-refractivity contribution in [3.8, 4) is 0 Å². The van der Waals surface area contributed by atoms with E-state index in [2.05, 4.69) is 40.8 Å². The molecule has 0 atom stereocenters. The van der Waals surface area contributed by atoms with E-state index in [9.17, 15) is 9.90 Å². The summed E-state index contributed by atoms with van der Waals surface area (Å²) >= 11 is 0. The Morgan fingerprint density at radius 3 is 2.68 bits per heavy atom. The van der Waals surface area contributed by atoms with Crippen LogP contribution in [0.4, 0.5) is 10.5 Å². The van der Waals surface area contributed by atoms with Gasteiger partial charge in [0.2, 0.25) is 0 Å². The summed E-state index contributed by atoms with van der Waals surface area (Å²) in [5.41, 5.74) is 5.52. The maximum absolute atomic E-state index is 12.0. The van der Waals surface area contributed by atoms with Gasteiger partial charge in [-0.05, 0) is 41.2 Å². The zero-order chi connectivity index (χ0) is 17.6. The van der Waals surface area contributed by atoms with Gasteiger partial charge in [-0.15, -0.1) is 0 Å². The highest BCUT2D eigenvalue weighted by molar-refractivity contribution is 5.74. The lowest BCUT2D eigenvalue weighted by Crippen LogP contribution is -2.34. The van der Waals surface area contributed by atoms with Crippen molar-refractivity contribution in [3.05, 3.63) is 64.7 Å². The number of carbonyl (C=O) groups is 1. The molecule has 2 aromatic rings. The third-order valence-corrected chi connectivity index (χ3v) is 4.68. The van der Waals surface area contributed by atoms with Crippen LogP contribution in [0.3, 0.4) is 0 Å². The second kappa shape index (κ2) is 8.03. The van der Waals surface area contributed by atoms with Crippen LogP contribution in [0.2, 0.25) is 0 Å². The average Bonchev–Trinajstić information content (AvgIpc) is 2.65. The van der Waals surface area contributed by atoms with Gasteiger partial charge >= 0.3 is 6.03 Å². The summed E-state index contributed by atoms with van der Waals surface area (Å²) in [6, 6.07) is 13.7. The summed E-state index contributed by atoms with van der Waals surface area (Å²) in [6.07, 6.45) is 2.27. The molecule has 0 bridgehead atoms. The Bertz CT molecular complexity index is 745. The molecule has 3 rings (SSSR count). The number of rotatable bonds is 5. The van der Waals surface area contributed by atoms with E-state index in [0.29, 0.717) is 13.1 Å². The highest BCUT2D eigenvalue weighted by Crippen LogP contribution is 2.26. The number of hydrogen-bond donors (Lipinski definition) is 3. The molecule has 0 radical (unpaired) electrons. The molecule has 132 valence electrons. The van der Waals surface area contributed by atoms with E-state index in [1.54, 1.807) is 0 Å². The van der Waals surface area contributed by atoms with E-state index in [4.69, 9.17) is 0 Å². The topological polar surface area (TPSA) is 64.6 Å². The summed E-state index contributed by atoms with van der Waals surface area (Å²) in [4.78, 5) is 14.3. The second-order valence-corrected chi connectivity index (χ2v) is 6.45. The van der Waals surface area contributed by atoms with Gasteiger partial charge in [-0.25, -0.2) is 4.79 Å². The molecule has 1 heterocycles. The Kier molecular flexibility index (Phi) is 5.56. The average molecular weight is 339 g/mol. The molecule has 1 aliphatic rings. The van der Waals surface area contributed by atoms with Crippen LogP contribution in [0.5, 0.6) is 0 Å². The number of urea groups is 1. The van der Waals surface area contributed by atoms with Crippen LogP contribution in [0.15, 0.2) is 42.5 Å². The molecule has 1 aliphatic heterocycles. The standard InChI is InChI=1S/C20H25N3O2/c1-23-10-4-7-16-11-15(8-9-19(16)23)12-21-20(25)22-13-17-5-2-3-6-18(17)14-24/h2-3,5-6,8-9,11,24H,4,7,10,12-14H2,1H3,(H2,21,22,25). The highest BCUT2D eigenvalue weighted by atomic mass is 16.3. The number of benzene rings is 2. The molecule has 25 heavy (non-hydrogen) atoms. The van der Waals surface area contributed by atoms with Crippen molar-refractivity contribution < 1.29 is 9.90 Å². The van der Waals surface area contributed by atoms with Gasteiger partial charge in [0.1, 0.15) is 0 Å². The number of anilines is 1. The van der Waals surface area contributed by atoms with E-state index in [1.165, 1.54) is 17.7 Å². The first-order valence-corrected chi connectivity index (χ1v) is 8.69. The van der Waals surface area contributed by atoms with Gasteiger partial charge in [0.05, 0.1) is 6.61 Å². The van der Waals surface area contributed by atoms with E-state index < -0.39 is 0 Å². The van der Waals surface area contributed by atoms with E-state index in [0.717, 1.165) is 29.7 Å². The summed E-state index contributed by atoms with van der Waals surface area (Å²) < 4.78 is 0. The van der Waals surface area contributed by atoms with Crippen LogP contribution in [0.1, 0.15) is 28.7 Å². The number of aliphatic hydroxyl groups excluding tert-OH is 1.